The van der Waals surface area contributed by atoms with Crippen molar-refractivity contribution in [3.05, 3.63) is 35.6 Å². The number of hydrogen-bond donors (Lipinski definition) is 1. The normalized spacial score (nSPS) is 17.1. The Balaban J connectivity index is 1.75. The zero-order chi connectivity index (χ0) is 12.1. The maximum Gasteiger partial charge on any atom is 0.127 e. The Morgan fingerprint density at radius 3 is 2.76 bits per heavy atom. The molecule has 1 aromatic carbocycles. The SMILES string of the molecule is COCCC1(CNCc2ccccc2F)CC1. The molecular formula is C14H20FNO. The summed E-state index contributed by atoms with van der Waals surface area (Å²) in [6.45, 7) is 2.40. The first-order chi connectivity index (χ1) is 8.26. The van der Waals surface area contributed by atoms with Gasteiger partial charge in [0.1, 0.15) is 5.82 Å². The molecule has 0 aliphatic heterocycles. The number of hydrogen-bond acceptors (Lipinski definition) is 2. The molecule has 0 atom stereocenters. The quantitative estimate of drug-likeness (QED) is 0.787. The van der Waals surface area contributed by atoms with Gasteiger partial charge in [0.15, 0.2) is 0 Å². The molecule has 2 rings (SSSR count). The Kier molecular flexibility index (Phi) is 4.13. The van der Waals surface area contributed by atoms with Gasteiger partial charge in [-0.05, 0) is 30.7 Å². The minimum Gasteiger partial charge on any atom is -0.385 e. The summed E-state index contributed by atoms with van der Waals surface area (Å²) in [6, 6.07) is 6.93. The van der Waals surface area contributed by atoms with E-state index in [9.17, 15) is 4.39 Å². The summed E-state index contributed by atoms with van der Waals surface area (Å²) in [5, 5.41) is 3.36. The second-order valence-electron chi connectivity index (χ2n) is 4.94. The predicted molar refractivity (Wildman–Crippen MR) is 66.3 cm³/mol. The van der Waals surface area contributed by atoms with Crippen molar-refractivity contribution in [3.63, 3.8) is 0 Å². The molecule has 2 nitrogen and oxygen atoms in total. The van der Waals surface area contributed by atoms with E-state index >= 15 is 0 Å². The van der Waals surface area contributed by atoms with Crippen LogP contribution in [-0.4, -0.2) is 20.3 Å². The molecule has 1 aliphatic rings. The van der Waals surface area contributed by atoms with Gasteiger partial charge >= 0.3 is 0 Å². The van der Waals surface area contributed by atoms with Crippen LogP contribution < -0.4 is 5.32 Å². The molecule has 0 spiro atoms. The highest BCUT2D eigenvalue weighted by Crippen LogP contribution is 2.48. The number of ether oxygens (including phenoxy) is 1. The van der Waals surface area contributed by atoms with Crippen LogP contribution >= 0.6 is 0 Å². The van der Waals surface area contributed by atoms with Crippen molar-refractivity contribution in [2.45, 2.75) is 25.8 Å². The van der Waals surface area contributed by atoms with E-state index in [0.29, 0.717) is 12.0 Å². The van der Waals surface area contributed by atoms with Crippen molar-refractivity contribution in [1.82, 2.24) is 5.32 Å². The van der Waals surface area contributed by atoms with Crippen molar-refractivity contribution in [2.75, 3.05) is 20.3 Å². The fourth-order valence-corrected chi connectivity index (χ4v) is 2.11. The monoisotopic (exact) mass is 237 g/mol. The second-order valence-corrected chi connectivity index (χ2v) is 4.94. The summed E-state index contributed by atoms with van der Waals surface area (Å²) in [7, 11) is 1.74. The molecule has 1 aromatic rings. The molecule has 1 N–H and O–H groups in total. The summed E-state index contributed by atoms with van der Waals surface area (Å²) in [6.07, 6.45) is 3.63. The first-order valence-corrected chi connectivity index (χ1v) is 6.19. The van der Waals surface area contributed by atoms with Crippen molar-refractivity contribution in [1.29, 1.82) is 0 Å². The molecule has 0 aromatic heterocycles. The van der Waals surface area contributed by atoms with E-state index in [4.69, 9.17) is 4.74 Å². The largest absolute Gasteiger partial charge is 0.385 e. The Morgan fingerprint density at radius 1 is 1.35 bits per heavy atom. The van der Waals surface area contributed by atoms with Gasteiger partial charge < -0.3 is 10.1 Å². The van der Waals surface area contributed by atoms with Gasteiger partial charge in [0.25, 0.3) is 0 Å². The third-order valence-corrected chi connectivity index (χ3v) is 3.57. The summed E-state index contributed by atoms with van der Waals surface area (Å²) in [4.78, 5) is 0. The number of methoxy groups -OCH3 is 1. The third kappa shape index (κ3) is 3.51. The van der Waals surface area contributed by atoms with E-state index in [1.807, 2.05) is 12.1 Å². The average Bonchev–Trinajstić information content (AvgIpc) is 3.10. The van der Waals surface area contributed by atoms with E-state index < -0.39 is 0 Å². The lowest BCUT2D eigenvalue weighted by Gasteiger charge is -2.15. The average molecular weight is 237 g/mol. The van der Waals surface area contributed by atoms with Gasteiger partial charge in [-0.25, -0.2) is 4.39 Å². The van der Waals surface area contributed by atoms with Crippen LogP contribution in [0.25, 0.3) is 0 Å². The van der Waals surface area contributed by atoms with E-state index in [-0.39, 0.29) is 5.82 Å². The first-order valence-electron chi connectivity index (χ1n) is 6.19. The fourth-order valence-electron chi connectivity index (χ4n) is 2.11. The molecule has 0 heterocycles. The molecule has 1 fully saturated rings. The minimum atomic E-state index is -0.123. The van der Waals surface area contributed by atoms with E-state index in [0.717, 1.165) is 25.1 Å². The van der Waals surface area contributed by atoms with Crippen LogP contribution in [0, 0.1) is 11.2 Å². The van der Waals surface area contributed by atoms with Gasteiger partial charge in [0, 0.05) is 32.4 Å². The van der Waals surface area contributed by atoms with Gasteiger partial charge in [-0.3, -0.25) is 0 Å². The molecule has 17 heavy (non-hydrogen) atoms. The van der Waals surface area contributed by atoms with Gasteiger partial charge in [0.2, 0.25) is 0 Å². The Bertz CT molecular complexity index is 363. The molecule has 0 unspecified atom stereocenters. The fraction of sp³-hybridized carbons (Fsp3) is 0.571. The molecule has 3 heteroatoms. The van der Waals surface area contributed by atoms with Crippen LogP contribution in [0.3, 0.4) is 0 Å². The Labute approximate surface area is 102 Å². The van der Waals surface area contributed by atoms with Crippen molar-refractivity contribution in [2.24, 2.45) is 5.41 Å². The van der Waals surface area contributed by atoms with Crippen LogP contribution in [0.1, 0.15) is 24.8 Å². The Hall–Kier alpha value is -0.930. The van der Waals surface area contributed by atoms with Gasteiger partial charge in [0.05, 0.1) is 0 Å². The highest BCUT2D eigenvalue weighted by molar-refractivity contribution is 5.17. The van der Waals surface area contributed by atoms with Crippen LogP contribution in [0.5, 0.6) is 0 Å². The van der Waals surface area contributed by atoms with Crippen molar-refractivity contribution >= 4 is 0 Å². The molecule has 94 valence electrons. The molecule has 0 amide bonds. The second kappa shape index (κ2) is 5.61. The van der Waals surface area contributed by atoms with Crippen LogP contribution in [0.4, 0.5) is 4.39 Å². The topological polar surface area (TPSA) is 21.3 Å². The minimum absolute atomic E-state index is 0.123. The third-order valence-electron chi connectivity index (χ3n) is 3.57. The maximum atomic E-state index is 13.4. The van der Waals surface area contributed by atoms with E-state index in [1.165, 1.54) is 18.9 Å². The van der Waals surface area contributed by atoms with Gasteiger partial charge in [-0.1, -0.05) is 18.2 Å². The number of halogens is 1. The molecule has 0 saturated heterocycles. The molecule has 1 aliphatic carbocycles. The zero-order valence-electron chi connectivity index (χ0n) is 10.3. The van der Waals surface area contributed by atoms with Crippen LogP contribution in [0.15, 0.2) is 24.3 Å². The lowest BCUT2D eigenvalue weighted by Crippen LogP contribution is -2.25. The number of nitrogens with one attached hydrogen (secondary N) is 1. The van der Waals surface area contributed by atoms with E-state index in [2.05, 4.69) is 5.32 Å². The van der Waals surface area contributed by atoms with Crippen molar-refractivity contribution in [3.8, 4) is 0 Å². The number of rotatable bonds is 7. The van der Waals surface area contributed by atoms with E-state index in [1.54, 1.807) is 13.2 Å². The standard InChI is InChI=1S/C14H20FNO/c1-17-9-8-14(6-7-14)11-16-10-12-4-2-3-5-13(12)15/h2-5,16H,6-11H2,1H3. The van der Waals surface area contributed by atoms with Crippen LogP contribution in [-0.2, 0) is 11.3 Å². The molecule has 1 saturated carbocycles. The highest BCUT2D eigenvalue weighted by atomic mass is 19.1. The van der Waals surface area contributed by atoms with Gasteiger partial charge in [-0.15, -0.1) is 0 Å². The molecular weight excluding hydrogens is 217 g/mol. The maximum absolute atomic E-state index is 13.4. The predicted octanol–water partition coefficient (Wildman–Crippen LogP) is 2.73. The van der Waals surface area contributed by atoms with Crippen LogP contribution in [0.2, 0.25) is 0 Å². The first kappa shape index (κ1) is 12.5. The summed E-state index contributed by atoms with van der Waals surface area (Å²) < 4.78 is 18.5. The summed E-state index contributed by atoms with van der Waals surface area (Å²) >= 11 is 0. The smallest absolute Gasteiger partial charge is 0.127 e. The number of benzene rings is 1. The summed E-state index contributed by atoms with van der Waals surface area (Å²) in [5.41, 5.74) is 1.16. The lowest BCUT2D eigenvalue weighted by atomic mass is 10.0. The zero-order valence-corrected chi connectivity index (χ0v) is 10.3. The Morgan fingerprint density at radius 2 is 2.12 bits per heavy atom. The highest BCUT2D eigenvalue weighted by Gasteiger charge is 2.41. The van der Waals surface area contributed by atoms with Gasteiger partial charge in [-0.2, -0.15) is 0 Å². The molecule has 0 bridgehead atoms. The lowest BCUT2D eigenvalue weighted by molar-refractivity contribution is 0.171. The molecule has 0 radical (unpaired) electrons. The van der Waals surface area contributed by atoms with Crippen molar-refractivity contribution < 1.29 is 9.13 Å². The summed E-state index contributed by atoms with van der Waals surface area (Å²) in [5.74, 6) is -0.123.